The van der Waals surface area contributed by atoms with E-state index in [-0.39, 0.29) is 12.5 Å². The topological polar surface area (TPSA) is 88.6 Å². The summed E-state index contributed by atoms with van der Waals surface area (Å²) in [5, 5.41) is 6.01. The van der Waals surface area contributed by atoms with Crippen LogP contribution in [-0.2, 0) is 4.79 Å². The molecule has 0 spiro atoms. The highest BCUT2D eigenvalue weighted by atomic mass is 16.5. The highest BCUT2D eigenvalue weighted by Gasteiger charge is 2.13. The monoisotopic (exact) mass is 399 g/mol. The van der Waals surface area contributed by atoms with E-state index in [0.29, 0.717) is 30.5 Å². The molecule has 1 aliphatic heterocycles. The molecular weight excluding hydrogens is 370 g/mol. The van der Waals surface area contributed by atoms with Gasteiger partial charge in [0, 0.05) is 44.0 Å². The number of hydrogen-bond donors (Lipinski definition) is 2. The number of aromatic nitrogens is 2. The van der Waals surface area contributed by atoms with Crippen molar-refractivity contribution in [1.82, 2.24) is 15.3 Å². The molecule has 1 aromatic carbocycles. The first-order chi connectivity index (χ1) is 14.1. The molecule has 2 N–H and O–H groups in total. The second-order valence-corrected chi connectivity index (χ2v) is 6.98. The number of carbonyl (C=O) groups excluding carboxylic acids is 1. The van der Waals surface area contributed by atoms with Gasteiger partial charge >= 0.3 is 0 Å². The van der Waals surface area contributed by atoms with Gasteiger partial charge in [-0.05, 0) is 38.3 Å². The van der Waals surface area contributed by atoms with Gasteiger partial charge in [0.2, 0.25) is 5.95 Å². The average Bonchev–Trinajstić information content (AvgIpc) is 2.75. The molecule has 1 aromatic heterocycles. The molecule has 0 bridgehead atoms. The maximum Gasteiger partial charge on any atom is 0.258 e. The van der Waals surface area contributed by atoms with Gasteiger partial charge in [-0.15, -0.1) is 0 Å². The predicted molar refractivity (Wildman–Crippen MR) is 113 cm³/mol. The molecule has 1 saturated heterocycles. The minimum absolute atomic E-state index is 0.0484. The maximum absolute atomic E-state index is 12.0. The maximum atomic E-state index is 12.0. The standard InChI is InChI=1S/C21H29N5O3/c1-16-13-19(26-11-4-3-5-12-26)25-21(24-16)23-10-9-22-20(27)15-29-18-8-6-7-17(14-18)28-2/h6-8,13-14H,3-5,9-12,15H2,1-2H3,(H,22,27)(H,23,24,25). The van der Waals surface area contributed by atoms with Crippen molar-refractivity contribution in [3.63, 3.8) is 0 Å². The van der Waals surface area contributed by atoms with Crippen LogP contribution < -0.4 is 25.0 Å². The molecule has 0 radical (unpaired) electrons. The van der Waals surface area contributed by atoms with Gasteiger partial charge in [0.25, 0.3) is 5.91 Å². The minimum atomic E-state index is -0.186. The summed E-state index contributed by atoms with van der Waals surface area (Å²) in [7, 11) is 1.59. The fourth-order valence-corrected chi connectivity index (χ4v) is 3.18. The number of carbonyl (C=O) groups is 1. The third-order valence-electron chi connectivity index (χ3n) is 4.66. The molecular formula is C21H29N5O3. The van der Waals surface area contributed by atoms with Gasteiger partial charge in [-0.2, -0.15) is 4.98 Å². The third kappa shape index (κ3) is 6.51. The van der Waals surface area contributed by atoms with E-state index in [9.17, 15) is 4.79 Å². The van der Waals surface area contributed by atoms with Crippen LogP contribution in [0.25, 0.3) is 0 Å². The number of rotatable bonds is 9. The Morgan fingerprint density at radius 2 is 1.90 bits per heavy atom. The number of nitrogens with zero attached hydrogens (tertiary/aromatic N) is 3. The van der Waals surface area contributed by atoms with Gasteiger partial charge < -0.3 is 25.0 Å². The van der Waals surface area contributed by atoms with Gasteiger partial charge in [0.15, 0.2) is 6.61 Å². The van der Waals surface area contributed by atoms with Gasteiger partial charge in [-0.1, -0.05) is 6.07 Å². The van der Waals surface area contributed by atoms with E-state index in [1.54, 1.807) is 19.2 Å². The minimum Gasteiger partial charge on any atom is -0.497 e. The largest absolute Gasteiger partial charge is 0.497 e. The van der Waals surface area contributed by atoms with Crippen LogP contribution >= 0.6 is 0 Å². The Morgan fingerprint density at radius 3 is 2.69 bits per heavy atom. The molecule has 2 heterocycles. The Hall–Kier alpha value is -3.03. The van der Waals surface area contributed by atoms with Crippen molar-refractivity contribution < 1.29 is 14.3 Å². The smallest absolute Gasteiger partial charge is 0.258 e. The van der Waals surface area contributed by atoms with Crippen LogP contribution in [-0.4, -0.2) is 55.8 Å². The second-order valence-electron chi connectivity index (χ2n) is 6.98. The van der Waals surface area contributed by atoms with Crippen molar-refractivity contribution in [2.24, 2.45) is 0 Å². The number of nitrogens with one attached hydrogen (secondary N) is 2. The molecule has 1 fully saturated rings. The fraction of sp³-hybridized carbons (Fsp3) is 0.476. The van der Waals surface area contributed by atoms with Gasteiger partial charge in [-0.25, -0.2) is 4.98 Å². The number of benzene rings is 1. The third-order valence-corrected chi connectivity index (χ3v) is 4.66. The molecule has 1 amide bonds. The van der Waals surface area contributed by atoms with Crippen molar-refractivity contribution in [2.75, 3.05) is 50.1 Å². The molecule has 8 heteroatoms. The molecule has 156 valence electrons. The zero-order valence-electron chi connectivity index (χ0n) is 17.1. The molecule has 0 aliphatic carbocycles. The quantitative estimate of drug-likeness (QED) is 0.626. The van der Waals surface area contributed by atoms with Gasteiger partial charge in [-0.3, -0.25) is 4.79 Å². The van der Waals surface area contributed by atoms with Gasteiger partial charge in [0.1, 0.15) is 17.3 Å². The summed E-state index contributed by atoms with van der Waals surface area (Å²) in [6, 6.07) is 9.18. The Morgan fingerprint density at radius 1 is 1.10 bits per heavy atom. The molecule has 0 saturated carbocycles. The van der Waals surface area contributed by atoms with Crippen molar-refractivity contribution in [1.29, 1.82) is 0 Å². The van der Waals surface area contributed by atoms with E-state index in [4.69, 9.17) is 9.47 Å². The number of piperidine rings is 1. The zero-order chi connectivity index (χ0) is 20.5. The highest BCUT2D eigenvalue weighted by molar-refractivity contribution is 5.77. The van der Waals surface area contributed by atoms with Crippen molar-refractivity contribution in [2.45, 2.75) is 26.2 Å². The first-order valence-electron chi connectivity index (χ1n) is 10.0. The summed E-state index contributed by atoms with van der Waals surface area (Å²) < 4.78 is 10.6. The van der Waals surface area contributed by atoms with Crippen molar-refractivity contribution in [3.05, 3.63) is 36.0 Å². The Bertz CT molecular complexity index is 809. The van der Waals surface area contributed by atoms with Crippen molar-refractivity contribution >= 4 is 17.7 Å². The number of aryl methyl sites for hydroxylation is 1. The summed E-state index contributed by atoms with van der Waals surface area (Å²) >= 11 is 0. The van der Waals surface area contributed by atoms with Crippen LogP contribution in [0.5, 0.6) is 11.5 Å². The van der Waals surface area contributed by atoms with Crippen LogP contribution in [0.1, 0.15) is 25.0 Å². The number of ether oxygens (including phenoxy) is 2. The zero-order valence-corrected chi connectivity index (χ0v) is 17.1. The number of methoxy groups -OCH3 is 1. The molecule has 0 unspecified atom stereocenters. The molecule has 29 heavy (non-hydrogen) atoms. The fourth-order valence-electron chi connectivity index (χ4n) is 3.18. The van der Waals surface area contributed by atoms with Gasteiger partial charge in [0.05, 0.1) is 7.11 Å². The van der Waals surface area contributed by atoms with Crippen LogP contribution in [0, 0.1) is 6.92 Å². The first-order valence-corrected chi connectivity index (χ1v) is 10.0. The number of hydrogen-bond acceptors (Lipinski definition) is 7. The lowest BCUT2D eigenvalue weighted by Gasteiger charge is -2.28. The number of amides is 1. The SMILES string of the molecule is COc1cccc(OCC(=O)NCCNc2nc(C)cc(N3CCCCC3)n2)c1. The normalized spacial score (nSPS) is 13.7. The van der Waals surface area contributed by atoms with E-state index in [1.807, 2.05) is 25.1 Å². The van der Waals surface area contributed by atoms with E-state index >= 15 is 0 Å². The molecule has 0 atom stereocenters. The highest BCUT2D eigenvalue weighted by Crippen LogP contribution is 2.20. The first kappa shape index (κ1) is 20.7. The second kappa shape index (κ2) is 10.5. The van der Waals surface area contributed by atoms with Crippen LogP contribution in [0.15, 0.2) is 30.3 Å². The molecule has 8 nitrogen and oxygen atoms in total. The average molecular weight is 399 g/mol. The molecule has 2 aromatic rings. The van der Waals surface area contributed by atoms with E-state index < -0.39 is 0 Å². The van der Waals surface area contributed by atoms with Crippen LogP contribution in [0.4, 0.5) is 11.8 Å². The molecule has 1 aliphatic rings. The lowest BCUT2D eigenvalue weighted by molar-refractivity contribution is -0.123. The summed E-state index contributed by atoms with van der Waals surface area (Å²) in [6.45, 7) is 4.99. The summed E-state index contributed by atoms with van der Waals surface area (Å²) in [5.41, 5.74) is 0.929. The summed E-state index contributed by atoms with van der Waals surface area (Å²) in [4.78, 5) is 23.3. The van der Waals surface area contributed by atoms with Crippen LogP contribution in [0.2, 0.25) is 0 Å². The van der Waals surface area contributed by atoms with Crippen molar-refractivity contribution in [3.8, 4) is 11.5 Å². The predicted octanol–water partition coefficient (Wildman–Crippen LogP) is 2.39. The van der Waals surface area contributed by atoms with E-state index in [2.05, 4.69) is 25.5 Å². The Labute approximate surface area is 171 Å². The van der Waals surface area contributed by atoms with E-state index in [0.717, 1.165) is 24.6 Å². The lowest BCUT2D eigenvalue weighted by atomic mass is 10.1. The Kier molecular flexibility index (Phi) is 7.49. The molecule has 3 rings (SSSR count). The lowest BCUT2D eigenvalue weighted by Crippen LogP contribution is -2.33. The van der Waals surface area contributed by atoms with E-state index in [1.165, 1.54) is 19.3 Å². The summed E-state index contributed by atoms with van der Waals surface area (Å²) in [6.07, 6.45) is 3.69. The summed E-state index contributed by atoms with van der Waals surface area (Å²) in [5.74, 6) is 2.65. The number of anilines is 2. The van der Waals surface area contributed by atoms with Crippen LogP contribution in [0.3, 0.4) is 0 Å². The Balaban J connectivity index is 1.40.